The number of hydrogen-bond acceptors (Lipinski definition) is 4. The molecule has 0 aromatic heterocycles. The Kier molecular flexibility index (Phi) is 3.49. The molecule has 24 heavy (non-hydrogen) atoms. The predicted octanol–water partition coefficient (Wildman–Crippen LogP) is 1.28. The van der Waals surface area contributed by atoms with E-state index in [0.29, 0.717) is 6.54 Å². The molecule has 0 spiro atoms. The number of rotatable bonds is 4. The second-order valence-corrected chi connectivity index (χ2v) is 6.26. The Labute approximate surface area is 139 Å². The van der Waals surface area contributed by atoms with E-state index in [2.05, 4.69) is 16.5 Å². The van der Waals surface area contributed by atoms with Gasteiger partial charge in [0.15, 0.2) is 6.21 Å². The summed E-state index contributed by atoms with van der Waals surface area (Å²) in [6, 6.07) is 9.13. The summed E-state index contributed by atoms with van der Waals surface area (Å²) in [7, 11) is 1.96. The van der Waals surface area contributed by atoms with Gasteiger partial charge in [-0.15, -0.1) is 0 Å². The summed E-state index contributed by atoms with van der Waals surface area (Å²) in [5.41, 5.74) is 3.95. The second kappa shape index (κ2) is 5.67. The Hall–Kier alpha value is -2.82. The smallest absolute Gasteiger partial charge is 0.259 e. The molecule has 0 bridgehead atoms. The van der Waals surface area contributed by atoms with E-state index in [1.54, 1.807) is 12.1 Å². The van der Waals surface area contributed by atoms with E-state index in [9.17, 15) is 10.2 Å². The number of hydrogen-bond donors (Lipinski definition) is 3. The lowest BCUT2D eigenvalue weighted by Crippen LogP contribution is -2.31. The largest absolute Gasteiger partial charge is 0.508 e. The SMILES string of the molecule is C[N+]1=CC2=c3c1c(O)c(NCCc1ccc(O)cc1)cc3=NCC2. The number of anilines is 1. The Morgan fingerprint density at radius 1 is 1.21 bits per heavy atom. The van der Waals surface area contributed by atoms with Crippen LogP contribution in [0.25, 0.3) is 5.57 Å². The summed E-state index contributed by atoms with van der Waals surface area (Å²) < 4.78 is 1.98. The van der Waals surface area contributed by atoms with Crippen LogP contribution >= 0.6 is 0 Å². The minimum Gasteiger partial charge on any atom is -0.508 e. The normalized spacial score (nSPS) is 14.9. The molecule has 2 aromatic rings. The zero-order valence-electron chi connectivity index (χ0n) is 13.6. The summed E-state index contributed by atoms with van der Waals surface area (Å²) in [4.78, 5) is 4.61. The molecule has 0 aliphatic carbocycles. The van der Waals surface area contributed by atoms with Crippen molar-refractivity contribution in [1.29, 1.82) is 0 Å². The molecule has 4 rings (SSSR count). The van der Waals surface area contributed by atoms with Crippen molar-refractivity contribution >= 4 is 23.2 Å². The van der Waals surface area contributed by atoms with Crippen LogP contribution in [0.15, 0.2) is 35.3 Å². The molecule has 2 heterocycles. The summed E-state index contributed by atoms with van der Waals surface area (Å²) in [6.07, 6.45) is 3.82. The fraction of sp³-hybridized carbons (Fsp3) is 0.263. The molecular weight excluding hydrogens is 302 g/mol. The van der Waals surface area contributed by atoms with Crippen molar-refractivity contribution in [3.05, 3.63) is 46.5 Å². The van der Waals surface area contributed by atoms with Crippen LogP contribution in [0.1, 0.15) is 12.0 Å². The van der Waals surface area contributed by atoms with E-state index in [1.807, 2.05) is 29.8 Å². The fourth-order valence-electron chi connectivity index (χ4n) is 3.42. The highest BCUT2D eigenvalue weighted by Crippen LogP contribution is 2.32. The van der Waals surface area contributed by atoms with Crippen LogP contribution in [0, 0.1) is 0 Å². The van der Waals surface area contributed by atoms with E-state index < -0.39 is 0 Å². The van der Waals surface area contributed by atoms with Gasteiger partial charge in [0.05, 0.1) is 16.3 Å². The van der Waals surface area contributed by atoms with Crippen LogP contribution in [-0.2, 0) is 6.42 Å². The van der Waals surface area contributed by atoms with Gasteiger partial charge in [-0.25, -0.2) is 0 Å². The lowest BCUT2D eigenvalue weighted by atomic mass is 10.1. The first kappa shape index (κ1) is 14.8. The van der Waals surface area contributed by atoms with Crippen LogP contribution in [-0.4, -0.2) is 41.1 Å². The van der Waals surface area contributed by atoms with Crippen LogP contribution < -0.4 is 15.9 Å². The van der Waals surface area contributed by atoms with Crippen LogP contribution in [0.2, 0.25) is 0 Å². The standard InChI is InChI=1S/C19H19N3O2/c1-22-11-13-7-9-20-15-10-16(19(24)18(22)17(13)15)21-8-6-12-2-4-14(23)5-3-12/h2-5,10-11H,6-9H2,1H3,(H2,20,21,23)/p+1. The van der Waals surface area contributed by atoms with Gasteiger partial charge in [-0.3, -0.25) is 4.99 Å². The number of phenols is 2. The van der Waals surface area contributed by atoms with Gasteiger partial charge in [-0.2, -0.15) is 4.58 Å². The number of nitrogens with zero attached hydrogens (tertiary/aromatic N) is 2. The number of nitrogens with one attached hydrogen (secondary N) is 1. The molecule has 5 nitrogen and oxygen atoms in total. The Morgan fingerprint density at radius 3 is 2.79 bits per heavy atom. The summed E-state index contributed by atoms with van der Waals surface area (Å²) in [6.45, 7) is 1.49. The Morgan fingerprint density at radius 2 is 2.00 bits per heavy atom. The number of benzene rings is 2. The molecule has 0 saturated carbocycles. The summed E-state index contributed by atoms with van der Waals surface area (Å²) >= 11 is 0. The topological polar surface area (TPSA) is 67.9 Å². The van der Waals surface area contributed by atoms with Gasteiger partial charge in [0.1, 0.15) is 12.8 Å². The molecule has 0 radical (unpaired) electrons. The third-order valence-electron chi connectivity index (χ3n) is 4.61. The van der Waals surface area contributed by atoms with Gasteiger partial charge in [-0.05, 0) is 36.6 Å². The van der Waals surface area contributed by atoms with Gasteiger partial charge in [-0.1, -0.05) is 12.1 Å². The third kappa shape index (κ3) is 2.42. The zero-order valence-corrected chi connectivity index (χ0v) is 13.6. The molecular formula is C19H20N3O2+. The predicted molar refractivity (Wildman–Crippen MR) is 94.0 cm³/mol. The van der Waals surface area contributed by atoms with E-state index >= 15 is 0 Å². The van der Waals surface area contributed by atoms with Gasteiger partial charge in [0, 0.05) is 18.7 Å². The monoisotopic (exact) mass is 322 g/mol. The molecule has 0 fully saturated rings. The maximum absolute atomic E-state index is 10.7. The molecule has 2 aromatic carbocycles. The summed E-state index contributed by atoms with van der Waals surface area (Å²) in [5, 5.41) is 25.3. The maximum atomic E-state index is 10.7. The fourth-order valence-corrected chi connectivity index (χ4v) is 3.42. The number of phenolic OH excluding ortho intramolecular Hbond substituents is 2. The van der Waals surface area contributed by atoms with Crippen molar-refractivity contribution in [2.45, 2.75) is 12.8 Å². The highest BCUT2D eigenvalue weighted by molar-refractivity contribution is 6.03. The molecule has 122 valence electrons. The van der Waals surface area contributed by atoms with Crippen LogP contribution in [0.5, 0.6) is 11.5 Å². The summed E-state index contributed by atoms with van der Waals surface area (Å²) in [5.74, 6) is 0.556. The third-order valence-corrected chi connectivity index (χ3v) is 4.61. The Balaban J connectivity index is 1.60. The molecule has 3 N–H and O–H groups in total. The molecule has 2 aliphatic rings. The molecule has 2 aliphatic heterocycles. The van der Waals surface area contributed by atoms with E-state index in [-0.39, 0.29) is 11.5 Å². The van der Waals surface area contributed by atoms with Gasteiger partial charge >= 0.3 is 0 Å². The molecule has 0 unspecified atom stereocenters. The quantitative estimate of drug-likeness (QED) is 0.587. The molecule has 5 heteroatoms. The van der Waals surface area contributed by atoms with E-state index in [4.69, 9.17) is 0 Å². The minimum atomic E-state index is 0.273. The van der Waals surface area contributed by atoms with Crippen molar-refractivity contribution < 1.29 is 14.8 Å². The van der Waals surface area contributed by atoms with Gasteiger partial charge < -0.3 is 15.5 Å². The lowest BCUT2D eigenvalue weighted by molar-refractivity contribution is -0.397. The zero-order chi connectivity index (χ0) is 16.7. The first-order chi connectivity index (χ1) is 11.6. The van der Waals surface area contributed by atoms with Gasteiger partial charge in [0.25, 0.3) is 5.69 Å². The average molecular weight is 322 g/mol. The van der Waals surface area contributed by atoms with Crippen molar-refractivity contribution in [3.63, 3.8) is 0 Å². The minimum absolute atomic E-state index is 0.273. The van der Waals surface area contributed by atoms with E-state index in [1.165, 1.54) is 5.57 Å². The molecule has 0 amide bonds. The van der Waals surface area contributed by atoms with Crippen molar-refractivity contribution in [3.8, 4) is 11.5 Å². The van der Waals surface area contributed by atoms with Crippen LogP contribution in [0.4, 0.5) is 11.4 Å². The van der Waals surface area contributed by atoms with Crippen LogP contribution in [0.3, 0.4) is 0 Å². The van der Waals surface area contributed by atoms with Crippen molar-refractivity contribution in [2.24, 2.45) is 4.99 Å². The highest BCUT2D eigenvalue weighted by atomic mass is 16.3. The maximum Gasteiger partial charge on any atom is 0.259 e. The first-order valence-corrected chi connectivity index (χ1v) is 8.16. The molecule has 0 atom stereocenters. The van der Waals surface area contributed by atoms with E-state index in [0.717, 1.165) is 46.9 Å². The Bertz CT molecular complexity index is 960. The average Bonchev–Trinajstić information content (AvgIpc) is 2.91. The van der Waals surface area contributed by atoms with Crippen molar-refractivity contribution in [2.75, 3.05) is 25.5 Å². The molecule has 0 saturated heterocycles. The second-order valence-electron chi connectivity index (χ2n) is 6.26. The van der Waals surface area contributed by atoms with Gasteiger partial charge in [0.2, 0.25) is 5.75 Å². The lowest BCUT2D eigenvalue weighted by Gasteiger charge is -2.10. The number of aromatic hydroxyl groups is 2. The first-order valence-electron chi connectivity index (χ1n) is 8.16. The highest BCUT2D eigenvalue weighted by Gasteiger charge is 2.27. The van der Waals surface area contributed by atoms with Crippen molar-refractivity contribution in [1.82, 2.24) is 0 Å².